The molecule has 2 amide bonds. The summed E-state index contributed by atoms with van der Waals surface area (Å²) in [4.78, 5) is 22.5. The lowest BCUT2D eigenvalue weighted by atomic mass is 10.2. The first-order chi connectivity index (χ1) is 6.97. The van der Waals surface area contributed by atoms with Crippen LogP contribution in [-0.4, -0.2) is 30.4 Å². The van der Waals surface area contributed by atoms with E-state index in [1.165, 1.54) is 0 Å². The van der Waals surface area contributed by atoms with E-state index in [-0.39, 0.29) is 24.4 Å². The molecule has 0 aliphatic carbocycles. The number of rotatable bonds is 6. The zero-order valence-corrected chi connectivity index (χ0v) is 9.67. The van der Waals surface area contributed by atoms with Gasteiger partial charge < -0.3 is 16.4 Å². The SMILES string of the molecule is CCC[C@H](N)C(=O)NCC(=O)NC(C)C. The van der Waals surface area contributed by atoms with Crippen molar-refractivity contribution in [2.75, 3.05) is 6.54 Å². The maximum atomic E-state index is 11.3. The Balaban J connectivity index is 3.75. The number of nitrogens with one attached hydrogen (secondary N) is 2. The van der Waals surface area contributed by atoms with Gasteiger partial charge in [0.25, 0.3) is 0 Å². The Kier molecular flexibility index (Phi) is 6.70. The van der Waals surface area contributed by atoms with E-state index in [0.717, 1.165) is 6.42 Å². The first-order valence-corrected chi connectivity index (χ1v) is 5.30. The Morgan fingerprint density at radius 1 is 1.33 bits per heavy atom. The highest BCUT2D eigenvalue weighted by atomic mass is 16.2. The number of carbonyl (C=O) groups excluding carboxylic acids is 2. The maximum absolute atomic E-state index is 11.3. The quantitative estimate of drug-likeness (QED) is 0.571. The molecule has 0 radical (unpaired) electrons. The summed E-state index contributed by atoms with van der Waals surface area (Å²) in [6.45, 7) is 5.68. The van der Waals surface area contributed by atoms with Crippen molar-refractivity contribution < 1.29 is 9.59 Å². The molecule has 0 fully saturated rings. The molecule has 5 heteroatoms. The van der Waals surface area contributed by atoms with Crippen molar-refractivity contribution in [1.29, 1.82) is 0 Å². The average Bonchev–Trinajstić information content (AvgIpc) is 2.13. The highest BCUT2D eigenvalue weighted by Crippen LogP contribution is 1.92. The van der Waals surface area contributed by atoms with E-state index in [1.807, 2.05) is 20.8 Å². The van der Waals surface area contributed by atoms with Crippen LogP contribution in [0.2, 0.25) is 0 Å². The predicted molar refractivity (Wildman–Crippen MR) is 59.2 cm³/mol. The second-order valence-electron chi connectivity index (χ2n) is 3.84. The third kappa shape index (κ3) is 6.90. The van der Waals surface area contributed by atoms with Crippen LogP contribution in [0.1, 0.15) is 33.6 Å². The van der Waals surface area contributed by atoms with E-state index < -0.39 is 6.04 Å². The van der Waals surface area contributed by atoms with Gasteiger partial charge in [0.05, 0.1) is 12.6 Å². The molecule has 88 valence electrons. The fraction of sp³-hybridized carbons (Fsp3) is 0.800. The highest BCUT2D eigenvalue weighted by molar-refractivity contribution is 5.87. The Labute approximate surface area is 90.8 Å². The van der Waals surface area contributed by atoms with E-state index >= 15 is 0 Å². The van der Waals surface area contributed by atoms with Gasteiger partial charge in [0, 0.05) is 6.04 Å². The lowest BCUT2D eigenvalue weighted by molar-refractivity contribution is -0.127. The van der Waals surface area contributed by atoms with Crippen molar-refractivity contribution in [3.63, 3.8) is 0 Å². The molecule has 0 saturated heterocycles. The van der Waals surface area contributed by atoms with Crippen molar-refractivity contribution in [3.8, 4) is 0 Å². The minimum Gasteiger partial charge on any atom is -0.352 e. The molecule has 0 spiro atoms. The number of carbonyl (C=O) groups is 2. The van der Waals surface area contributed by atoms with Crippen LogP contribution in [0.15, 0.2) is 0 Å². The zero-order chi connectivity index (χ0) is 11.8. The van der Waals surface area contributed by atoms with E-state index in [0.29, 0.717) is 6.42 Å². The standard InChI is InChI=1S/C10H21N3O2/c1-4-5-8(11)10(15)12-6-9(14)13-7(2)3/h7-8H,4-6,11H2,1-3H3,(H,12,15)(H,13,14)/t8-/m0/s1. The fourth-order valence-corrected chi connectivity index (χ4v) is 1.11. The summed E-state index contributed by atoms with van der Waals surface area (Å²) in [5, 5.41) is 5.17. The number of amides is 2. The van der Waals surface area contributed by atoms with Gasteiger partial charge >= 0.3 is 0 Å². The third-order valence-electron chi connectivity index (χ3n) is 1.81. The second-order valence-corrected chi connectivity index (χ2v) is 3.84. The lowest BCUT2D eigenvalue weighted by Gasteiger charge is -2.12. The van der Waals surface area contributed by atoms with Crippen LogP contribution in [0.25, 0.3) is 0 Å². The van der Waals surface area contributed by atoms with Crippen molar-refractivity contribution >= 4 is 11.8 Å². The molecule has 0 aromatic carbocycles. The largest absolute Gasteiger partial charge is 0.352 e. The van der Waals surface area contributed by atoms with Crippen molar-refractivity contribution in [3.05, 3.63) is 0 Å². The van der Waals surface area contributed by atoms with Gasteiger partial charge in [-0.1, -0.05) is 13.3 Å². The molecule has 0 heterocycles. The smallest absolute Gasteiger partial charge is 0.239 e. The molecule has 0 rings (SSSR count). The monoisotopic (exact) mass is 215 g/mol. The summed E-state index contributed by atoms with van der Waals surface area (Å²) in [5.41, 5.74) is 5.57. The van der Waals surface area contributed by atoms with E-state index in [9.17, 15) is 9.59 Å². The molecular weight excluding hydrogens is 194 g/mol. The van der Waals surface area contributed by atoms with Gasteiger partial charge in [0.15, 0.2) is 0 Å². The number of hydrogen-bond acceptors (Lipinski definition) is 3. The van der Waals surface area contributed by atoms with Crippen molar-refractivity contribution in [2.24, 2.45) is 5.73 Å². The molecule has 1 atom stereocenters. The summed E-state index contributed by atoms with van der Waals surface area (Å²) in [5.74, 6) is -0.460. The molecule has 0 aliphatic heterocycles. The average molecular weight is 215 g/mol. The van der Waals surface area contributed by atoms with Gasteiger partial charge in [-0.2, -0.15) is 0 Å². The van der Waals surface area contributed by atoms with E-state index in [2.05, 4.69) is 10.6 Å². The Hall–Kier alpha value is -1.10. The minimum atomic E-state index is -0.512. The summed E-state index contributed by atoms with van der Waals surface area (Å²) in [6, 6.07) is -0.430. The van der Waals surface area contributed by atoms with Crippen LogP contribution in [0.4, 0.5) is 0 Å². The van der Waals surface area contributed by atoms with Crippen LogP contribution >= 0.6 is 0 Å². The second kappa shape index (κ2) is 7.23. The predicted octanol–water partition coefficient (Wildman–Crippen LogP) is -0.245. The highest BCUT2D eigenvalue weighted by Gasteiger charge is 2.13. The van der Waals surface area contributed by atoms with Gasteiger partial charge in [-0.15, -0.1) is 0 Å². The molecule has 0 bridgehead atoms. The third-order valence-corrected chi connectivity index (χ3v) is 1.81. The van der Waals surface area contributed by atoms with E-state index in [4.69, 9.17) is 5.73 Å². The molecule has 4 N–H and O–H groups in total. The number of hydrogen-bond donors (Lipinski definition) is 3. The Bertz CT molecular complexity index is 217. The maximum Gasteiger partial charge on any atom is 0.239 e. The van der Waals surface area contributed by atoms with Crippen LogP contribution in [0.3, 0.4) is 0 Å². The summed E-state index contributed by atoms with van der Waals surface area (Å²) in [7, 11) is 0. The molecule has 0 aliphatic rings. The van der Waals surface area contributed by atoms with Gasteiger partial charge in [0.2, 0.25) is 11.8 Å². The first kappa shape index (κ1) is 13.9. The molecule has 0 aromatic rings. The molecule has 0 saturated carbocycles. The Morgan fingerprint density at radius 2 is 1.93 bits per heavy atom. The normalized spacial score (nSPS) is 12.3. The van der Waals surface area contributed by atoms with Crippen LogP contribution in [0, 0.1) is 0 Å². The Morgan fingerprint density at radius 3 is 2.40 bits per heavy atom. The summed E-state index contributed by atoms with van der Waals surface area (Å²) >= 11 is 0. The van der Waals surface area contributed by atoms with Crippen LogP contribution < -0.4 is 16.4 Å². The zero-order valence-electron chi connectivity index (χ0n) is 9.67. The van der Waals surface area contributed by atoms with Gasteiger partial charge in [-0.05, 0) is 20.3 Å². The van der Waals surface area contributed by atoms with Crippen LogP contribution in [0.5, 0.6) is 0 Å². The van der Waals surface area contributed by atoms with Gasteiger partial charge in [-0.25, -0.2) is 0 Å². The summed E-state index contributed by atoms with van der Waals surface area (Å²) in [6.07, 6.45) is 1.49. The van der Waals surface area contributed by atoms with Gasteiger partial charge in [-0.3, -0.25) is 9.59 Å². The van der Waals surface area contributed by atoms with Gasteiger partial charge in [0.1, 0.15) is 0 Å². The molecule has 5 nitrogen and oxygen atoms in total. The first-order valence-electron chi connectivity index (χ1n) is 5.30. The topological polar surface area (TPSA) is 84.2 Å². The molecule has 0 aromatic heterocycles. The number of nitrogens with two attached hydrogens (primary N) is 1. The van der Waals surface area contributed by atoms with Crippen molar-refractivity contribution in [2.45, 2.75) is 45.7 Å². The van der Waals surface area contributed by atoms with E-state index in [1.54, 1.807) is 0 Å². The fourth-order valence-electron chi connectivity index (χ4n) is 1.11. The van der Waals surface area contributed by atoms with Crippen molar-refractivity contribution in [1.82, 2.24) is 10.6 Å². The van der Waals surface area contributed by atoms with Crippen LogP contribution in [-0.2, 0) is 9.59 Å². The molecule has 0 unspecified atom stereocenters. The summed E-state index contributed by atoms with van der Waals surface area (Å²) < 4.78 is 0. The minimum absolute atomic E-state index is 0.00553. The molecular formula is C10H21N3O2. The lowest BCUT2D eigenvalue weighted by Crippen LogP contribution is -2.45. The molecule has 15 heavy (non-hydrogen) atoms.